The van der Waals surface area contributed by atoms with Crippen molar-refractivity contribution >= 4 is 16.3 Å². The number of nitrogens with zero attached hydrogens (tertiary/aromatic N) is 4. The molecule has 1 N–H and O–H groups in total. The third-order valence-corrected chi connectivity index (χ3v) is 5.31. The summed E-state index contributed by atoms with van der Waals surface area (Å²) in [6, 6.07) is 1.11. The predicted octanol–water partition coefficient (Wildman–Crippen LogP) is 1.16. The molecule has 1 aliphatic rings. The van der Waals surface area contributed by atoms with Crippen LogP contribution in [0.3, 0.4) is 0 Å². The Kier molecular flexibility index (Phi) is 4.59. The highest BCUT2D eigenvalue weighted by Gasteiger charge is 2.25. The van der Waals surface area contributed by atoms with Crippen LogP contribution in [0.25, 0.3) is 4.96 Å². The first kappa shape index (κ1) is 15.0. The molecule has 0 spiro atoms. The molecule has 21 heavy (non-hydrogen) atoms. The number of fused-ring (bicyclic) bond motifs is 1. The van der Waals surface area contributed by atoms with E-state index in [1.165, 1.54) is 18.7 Å². The van der Waals surface area contributed by atoms with Gasteiger partial charge in [-0.25, -0.2) is 4.98 Å². The van der Waals surface area contributed by atoms with E-state index in [-0.39, 0.29) is 0 Å². The van der Waals surface area contributed by atoms with Crippen molar-refractivity contribution in [1.82, 2.24) is 24.5 Å². The number of piperazine rings is 1. The van der Waals surface area contributed by atoms with Gasteiger partial charge < -0.3 is 15.1 Å². The number of hydrogen-bond donors (Lipinski definition) is 1. The Balaban J connectivity index is 1.63. The summed E-state index contributed by atoms with van der Waals surface area (Å²) in [5, 5.41) is 5.56. The number of aromatic nitrogens is 2. The van der Waals surface area contributed by atoms with E-state index in [9.17, 15) is 0 Å². The fraction of sp³-hybridized carbons (Fsp3) is 0.667. The second-order valence-electron chi connectivity index (χ2n) is 6.15. The van der Waals surface area contributed by atoms with Gasteiger partial charge in [-0.15, -0.1) is 11.3 Å². The molecule has 0 aliphatic carbocycles. The summed E-state index contributed by atoms with van der Waals surface area (Å²) in [5.41, 5.74) is 1.19. The van der Waals surface area contributed by atoms with E-state index in [1.807, 2.05) is 0 Å². The van der Waals surface area contributed by atoms with Crippen molar-refractivity contribution in [1.29, 1.82) is 0 Å². The van der Waals surface area contributed by atoms with Crippen LogP contribution >= 0.6 is 11.3 Å². The molecular formula is C15H25N5S. The lowest BCUT2D eigenvalue weighted by Crippen LogP contribution is -2.52. The van der Waals surface area contributed by atoms with E-state index < -0.39 is 0 Å². The molecule has 1 aliphatic heterocycles. The summed E-state index contributed by atoms with van der Waals surface area (Å²) < 4.78 is 2.12. The molecule has 0 radical (unpaired) electrons. The summed E-state index contributed by atoms with van der Waals surface area (Å²) >= 11 is 1.70. The van der Waals surface area contributed by atoms with Crippen molar-refractivity contribution in [3.05, 3.63) is 23.5 Å². The van der Waals surface area contributed by atoms with Gasteiger partial charge in [0.05, 0.1) is 5.69 Å². The molecule has 3 heterocycles. The van der Waals surface area contributed by atoms with Crippen LogP contribution < -0.4 is 5.32 Å². The summed E-state index contributed by atoms with van der Waals surface area (Å²) in [7, 11) is 6.53. The van der Waals surface area contributed by atoms with E-state index in [1.54, 1.807) is 11.3 Å². The van der Waals surface area contributed by atoms with Crippen molar-refractivity contribution < 1.29 is 0 Å². The van der Waals surface area contributed by atoms with E-state index in [2.05, 4.69) is 58.4 Å². The van der Waals surface area contributed by atoms with E-state index in [4.69, 9.17) is 4.98 Å². The lowest BCUT2D eigenvalue weighted by Gasteiger charge is -2.39. The number of thiazole rings is 1. The Labute approximate surface area is 130 Å². The van der Waals surface area contributed by atoms with Crippen molar-refractivity contribution in [2.45, 2.75) is 24.9 Å². The molecule has 1 fully saturated rings. The molecule has 0 amide bonds. The second kappa shape index (κ2) is 6.44. The Hall–Kier alpha value is -0.950. The van der Waals surface area contributed by atoms with E-state index in [0.29, 0.717) is 12.1 Å². The van der Waals surface area contributed by atoms with Crippen molar-refractivity contribution in [2.75, 3.05) is 40.8 Å². The highest BCUT2D eigenvalue weighted by molar-refractivity contribution is 7.15. The number of hydrogen-bond acceptors (Lipinski definition) is 5. The molecule has 116 valence electrons. The number of rotatable bonds is 5. The normalized spacial score (nSPS) is 22.9. The average molecular weight is 307 g/mol. The maximum absolute atomic E-state index is 4.70. The highest BCUT2D eigenvalue weighted by atomic mass is 32.1. The van der Waals surface area contributed by atoms with Crippen LogP contribution in [0.4, 0.5) is 0 Å². The molecule has 5 nitrogen and oxygen atoms in total. The fourth-order valence-electron chi connectivity index (χ4n) is 3.11. The van der Waals surface area contributed by atoms with Crippen LogP contribution in [0.15, 0.2) is 17.8 Å². The van der Waals surface area contributed by atoms with Gasteiger partial charge >= 0.3 is 0 Å². The third kappa shape index (κ3) is 3.45. The monoisotopic (exact) mass is 307 g/mol. The Morgan fingerprint density at radius 2 is 2.29 bits per heavy atom. The zero-order valence-electron chi connectivity index (χ0n) is 13.1. The van der Waals surface area contributed by atoms with Crippen molar-refractivity contribution in [2.24, 2.45) is 0 Å². The molecule has 0 saturated carbocycles. The second-order valence-corrected chi connectivity index (χ2v) is 7.02. The number of imidazole rings is 1. The van der Waals surface area contributed by atoms with Crippen LogP contribution in [0, 0.1) is 0 Å². The first-order chi connectivity index (χ1) is 10.2. The quantitative estimate of drug-likeness (QED) is 0.899. The maximum Gasteiger partial charge on any atom is 0.193 e. The van der Waals surface area contributed by atoms with Gasteiger partial charge in [0.15, 0.2) is 4.96 Å². The fourth-order valence-corrected chi connectivity index (χ4v) is 3.83. The van der Waals surface area contributed by atoms with Crippen LogP contribution in [-0.2, 0) is 6.42 Å². The molecule has 0 aromatic carbocycles. The Morgan fingerprint density at radius 3 is 3.05 bits per heavy atom. The zero-order valence-corrected chi connectivity index (χ0v) is 13.9. The molecule has 0 bridgehead atoms. The van der Waals surface area contributed by atoms with Crippen LogP contribution in [-0.4, -0.2) is 72.0 Å². The zero-order chi connectivity index (χ0) is 14.8. The first-order valence-electron chi connectivity index (χ1n) is 7.63. The minimum atomic E-state index is 0.480. The minimum Gasteiger partial charge on any atom is -0.317 e. The maximum atomic E-state index is 4.70. The molecule has 2 atom stereocenters. The standard InChI is InChI=1S/C15H25N5S/c1-16-12(9-14-11-18(2)4-5-19(14)3)8-13-10-20-6-7-21-15(20)17-13/h6-7,10,12,14,16H,4-5,8-9,11H2,1-3H3. The summed E-state index contributed by atoms with van der Waals surface area (Å²) in [4.78, 5) is 10.7. The predicted molar refractivity (Wildman–Crippen MR) is 88.2 cm³/mol. The van der Waals surface area contributed by atoms with Gasteiger partial charge in [0.25, 0.3) is 0 Å². The van der Waals surface area contributed by atoms with Gasteiger partial charge in [-0.2, -0.15) is 0 Å². The summed E-state index contributed by atoms with van der Waals surface area (Å²) in [5.74, 6) is 0. The minimum absolute atomic E-state index is 0.480. The molecule has 6 heteroatoms. The number of likely N-dealkylation sites (N-methyl/N-ethyl adjacent to an activating group) is 3. The number of nitrogens with one attached hydrogen (secondary N) is 1. The molecule has 3 rings (SSSR count). The molecule has 2 aromatic heterocycles. The third-order valence-electron chi connectivity index (χ3n) is 4.54. The lowest BCUT2D eigenvalue weighted by atomic mass is 10.00. The van der Waals surface area contributed by atoms with Crippen molar-refractivity contribution in [3.63, 3.8) is 0 Å². The lowest BCUT2D eigenvalue weighted by molar-refractivity contribution is 0.101. The smallest absolute Gasteiger partial charge is 0.193 e. The van der Waals surface area contributed by atoms with Gasteiger partial charge in [-0.05, 0) is 27.6 Å². The van der Waals surface area contributed by atoms with Gasteiger partial charge in [-0.1, -0.05) is 0 Å². The largest absolute Gasteiger partial charge is 0.317 e. The first-order valence-corrected chi connectivity index (χ1v) is 8.51. The molecule has 2 aromatic rings. The Morgan fingerprint density at radius 1 is 1.43 bits per heavy atom. The Bertz CT molecular complexity index is 549. The van der Waals surface area contributed by atoms with Crippen molar-refractivity contribution in [3.8, 4) is 0 Å². The van der Waals surface area contributed by atoms with E-state index >= 15 is 0 Å². The SMILES string of the molecule is CNC(Cc1cn2ccsc2n1)CC1CN(C)CCN1C. The summed E-state index contributed by atoms with van der Waals surface area (Å²) in [6.45, 7) is 3.50. The molecular weight excluding hydrogens is 282 g/mol. The van der Waals surface area contributed by atoms with Gasteiger partial charge in [-0.3, -0.25) is 4.40 Å². The average Bonchev–Trinajstić information content (AvgIpc) is 3.03. The topological polar surface area (TPSA) is 35.8 Å². The summed E-state index contributed by atoms with van der Waals surface area (Å²) in [6.07, 6.45) is 6.41. The van der Waals surface area contributed by atoms with Crippen LogP contribution in [0.2, 0.25) is 0 Å². The molecule has 1 saturated heterocycles. The highest BCUT2D eigenvalue weighted by Crippen LogP contribution is 2.16. The van der Waals surface area contributed by atoms with Gasteiger partial charge in [0.1, 0.15) is 0 Å². The van der Waals surface area contributed by atoms with Gasteiger partial charge in [0.2, 0.25) is 0 Å². The molecule has 2 unspecified atom stereocenters. The van der Waals surface area contributed by atoms with Gasteiger partial charge in [0, 0.05) is 55.9 Å². The van der Waals surface area contributed by atoms with Crippen LogP contribution in [0.1, 0.15) is 12.1 Å². The van der Waals surface area contributed by atoms with Crippen LogP contribution in [0.5, 0.6) is 0 Å². The van der Waals surface area contributed by atoms with E-state index in [0.717, 1.165) is 24.5 Å².